The average molecular weight is 363 g/mol. The third-order valence-electron chi connectivity index (χ3n) is 5.43. The fourth-order valence-corrected chi connectivity index (χ4v) is 3.96. The molecule has 1 atom stereocenters. The van der Waals surface area contributed by atoms with Crippen molar-refractivity contribution in [3.8, 4) is 11.5 Å². The minimum Gasteiger partial charge on any atom is -0.456 e. The van der Waals surface area contributed by atoms with Crippen molar-refractivity contribution in [3.05, 3.63) is 64.4 Å². The van der Waals surface area contributed by atoms with Crippen molar-refractivity contribution in [2.75, 3.05) is 18.7 Å². The van der Waals surface area contributed by atoms with Crippen LogP contribution in [0.4, 0.5) is 5.69 Å². The van der Waals surface area contributed by atoms with E-state index in [0.29, 0.717) is 11.3 Å². The molecule has 0 fully saturated rings. The number of fused-ring (bicyclic) bond motifs is 2. The molecule has 0 saturated carbocycles. The van der Waals surface area contributed by atoms with Crippen molar-refractivity contribution < 1.29 is 19.0 Å². The summed E-state index contributed by atoms with van der Waals surface area (Å²) in [6.07, 6.45) is 0. The Morgan fingerprint density at radius 2 is 1.70 bits per heavy atom. The van der Waals surface area contributed by atoms with Crippen LogP contribution in [0.3, 0.4) is 0 Å². The summed E-state index contributed by atoms with van der Waals surface area (Å²) in [6, 6.07) is 12.4. The van der Waals surface area contributed by atoms with E-state index in [1.807, 2.05) is 12.1 Å². The molecular weight excluding hydrogens is 342 g/mol. The van der Waals surface area contributed by atoms with Gasteiger partial charge in [-0.1, -0.05) is 45.0 Å². The van der Waals surface area contributed by atoms with Crippen LogP contribution in [0.15, 0.2) is 47.7 Å². The molecule has 1 N–H and O–H groups in total. The molecular formula is C22H21NO4. The van der Waals surface area contributed by atoms with Crippen molar-refractivity contribution in [1.82, 2.24) is 0 Å². The molecule has 0 bridgehead atoms. The summed E-state index contributed by atoms with van der Waals surface area (Å²) in [5, 5.41) is 3.35. The van der Waals surface area contributed by atoms with E-state index < -0.39 is 0 Å². The molecule has 27 heavy (non-hydrogen) atoms. The fourth-order valence-electron chi connectivity index (χ4n) is 3.96. The highest BCUT2D eigenvalue weighted by molar-refractivity contribution is 5.97. The van der Waals surface area contributed by atoms with E-state index in [1.165, 1.54) is 5.56 Å². The largest absolute Gasteiger partial charge is 0.456 e. The van der Waals surface area contributed by atoms with Crippen LogP contribution in [-0.2, 0) is 14.9 Å². The highest BCUT2D eigenvalue weighted by Crippen LogP contribution is 2.48. The van der Waals surface area contributed by atoms with E-state index in [-0.39, 0.29) is 30.7 Å². The van der Waals surface area contributed by atoms with Crippen molar-refractivity contribution in [1.29, 1.82) is 0 Å². The molecule has 1 unspecified atom stereocenters. The zero-order valence-corrected chi connectivity index (χ0v) is 15.6. The number of nitrogens with one attached hydrogen (secondary N) is 1. The zero-order valence-electron chi connectivity index (χ0n) is 15.6. The number of hydrogen-bond donors (Lipinski definition) is 1. The van der Waals surface area contributed by atoms with Gasteiger partial charge >= 0.3 is 5.97 Å². The van der Waals surface area contributed by atoms with Gasteiger partial charge in [-0.3, -0.25) is 0 Å². The molecule has 5 heteroatoms. The lowest BCUT2D eigenvalue weighted by Crippen LogP contribution is -2.20. The quantitative estimate of drug-likeness (QED) is 0.774. The van der Waals surface area contributed by atoms with Gasteiger partial charge in [0.15, 0.2) is 11.5 Å². The van der Waals surface area contributed by atoms with Gasteiger partial charge in [-0.15, -0.1) is 0 Å². The van der Waals surface area contributed by atoms with E-state index in [1.54, 1.807) is 0 Å². The molecule has 3 aliphatic rings. The number of benzene rings is 2. The Kier molecular flexibility index (Phi) is 3.32. The Labute approximate surface area is 157 Å². The second kappa shape index (κ2) is 5.52. The van der Waals surface area contributed by atoms with Gasteiger partial charge in [-0.05, 0) is 28.2 Å². The Bertz CT molecular complexity index is 983. The maximum absolute atomic E-state index is 12.5. The monoisotopic (exact) mass is 363 g/mol. The Morgan fingerprint density at radius 3 is 2.41 bits per heavy atom. The normalized spacial score (nSPS) is 20.1. The number of rotatable bonds is 1. The molecule has 0 aliphatic carbocycles. The topological polar surface area (TPSA) is 56.8 Å². The number of carbonyl (C=O) groups excluding carboxylic acids is 1. The molecule has 5 nitrogen and oxygen atoms in total. The van der Waals surface area contributed by atoms with Gasteiger partial charge in [0.2, 0.25) is 6.79 Å². The van der Waals surface area contributed by atoms with Crippen LogP contribution >= 0.6 is 0 Å². The standard InChI is InChI=1S/C22H21NO4/c1-22(2,3)13-6-4-12(5-7-13)19-14-8-17-18(27-11-26-17)9-15(14)23-16-10-25-21(24)20(16)19/h4-9,19,23H,10-11H2,1-3H3. The highest BCUT2D eigenvalue weighted by atomic mass is 16.7. The van der Waals surface area contributed by atoms with E-state index in [2.05, 4.69) is 50.4 Å². The molecule has 3 heterocycles. The molecule has 0 saturated heterocycles. The van der Waals surface area contributed by atoms with Crippen LogP contribution < -0.4 is 14.8 Å². The second-order valence-electron chi connectivity index (χ2n) is 8.19. The minimum absolute atomic E-state index is 0.0767. The van der Waals surface area contributed by atoms with Crippen LogP contribution in [0.25, 0.3) is 0 Å². The first kappa shape index (κ1) is 16.2. The van der Waals surface area contributed by atoms with Crippen LogP contribution in [-0.4, -0.2) is 19.4 Å². The number of ether oxygens (including phenoxy) is 3. The molecule has 0 radical (unpaired) electrons. The minimum atomic E-state index is -0.259. The van der Waals surface area contributed by atoms with E-state index in [9.17, 15) is 4.79 Å². The van der Waals surface area contributed by atoms with Crippen LogP contribution in [0, 0.1) is 0 Å². The molecule has 2 aromatic rings. The lowest BCUT2D eigenvalue weighted by Gasteiger charge is -2.28. The van der Waals surface area contributed by atoms with Crippen LogP contribution in [0.2, 0.25) is 0 Å². The lowest BCUT2D eigenvalue weighted by atomic mass is 9.79. The summed E-state index contributed by atoms with van der Waals surface area (Å²) in [4.78, 5) is 12.5. The van der Waals surface area contributed by atoms with Crippen molar-refractivity contribution in [3.63, 3.8) is 0 Å². The van der Waals surface area contributed by atoms with Gasteiger partial charge in [0, 0.05) is 17.7 Å². The maximum atomic E-state index is 12.5. The SMILES string of the molecule is CC(C)(C)c1ccc(C2C3=C(COC3=O)Nc3cc4c(cc32)OCO4)cc1. The average Bonchev–Trinajstić information content (AvgIpc) is 3.24. The predicted molar refractivity (Wildman–Crippen MR) is 101 cm³/mol. The Hall–Kier alpha value is -2.95. The summed E-state index contributed by atoms with van der Waals surface area (Å²) >= 11 is 0. The molecule has 0 spiro atoms. The lowest BCUT2D eigenvalue weighted by molar-refractivity contribution is -0.136. The first-order valence-electron chi connectivity index (χ1n) is 9.13. The molecule has 138 valence electrons. The third kappa shape index (κ3) is 2.49. The smallest absolute Gasteiger partial charge is 0.337 e. The number of carbonyl (C=O) groups is 1. The molecule has 5 rings (SSSR count). The summed E-state index contributed by atoms with van der Waals surface area (Å²) < 4.78 is 16.4. The second-order valence-corrected chi connectivity index (χ2v) is 8.19. The molecule has 0 aromatic heterocycles. The number of esters is 1. The van der Waals surface area contributed by atoms with E-state index >= 15 is 0 Å². The van der Waals surface area contributed by atoms with Gasteiger partial charge in [-0.25, -0.2) is 4.79 Å². The zero-order chi connectivity index (χ0) is 18.8. The van der Waals surface area contributed by atoms with Crippen molar-refractivity contribution >= 4 is 11.7 Å². The number of cyclic esters (lactones) is 1. The van der Waals surface area contributed by atoms with E-state index in [0.717, 1.165) is 28.3 Å². The first-order valence-corrected chi connectivity index (χ1v) is 9.13. The van der Waals surface area contributed by atoms with Crippen LogP contribution in [0.1, 0.15) is 43.4 Å². The predicted octanol–water partition coefficient (Wildman–Crippen LogP) is 4.08. The summed E-state index contributed by atoms with van der Waals surface area (Å²) in [5.74, 6) is 0.986. The Morgan fingerprint density at radius 1 is 1.00 bits per heavy atom. The van der Waals surface area contributed by atoms with Gasteiger partial charge in [0.25, 0.3) is 0 Å². The fraction of sp³-hybridized carbons (Fsp3) is 0.318. The third-order valence-corrected chi connectivity index (χ3v) is 5.43. The number of hydrogen-bond acceptors (Lipinski definition) is 5. The molecule has 2 aromatic carbocycles. The summed E-state index contributed by atoms with van der Waals surface area (Å²) in [6.45, 7) is 7.07. The van der Waals surface area contributed by atoms with Gasteiger partial charge in [-0.2, -0.15) is 0 Å². The van der Waals surface area contributed by atoms with Gasteiger partial charge in [0.1, 0.15) is 6.61 Å². The number of anilines is 1. The first-order chi connectivity index (χ1) is 12.9. The summed E-state index contributed by atoms with van der Waals surface area (Å²) in [5.41, 5.74) is 5.85. The van der Waals surface area contributed by atoms with Gasteiger partial charge in [0.05, 0.1) is 11.3 Å². The molecule has 0 amide bonds. The molecule has 3 aliphatic heterocycles. The van der Waals surface area contributed by atoms with Crippen molar-refractivity contribution in [2.24, 2.45) is 0 Å². The maximum Gasteiger partial charge on any atom is 0.337 e. The highest BCUT2D eigenvalue weighted by Gasteiger charge is 2.39. The van der Waals surface area contributed by atoms with E-state index in [4.69, 9.17) is 14.2 Å². The Balaban J connectivity index is 1.66. The summed E-state index contributed by atoms with van der Waals surface area (Å²) in [7, 11) is 0. The van der Waals surface area contributed by atoms with Gasteiger partial charge < -0.3 is 19.5 Å². The van der Waals surface area contributed by atoms with Crippen LogP contribution in [0.5, 0.6) is 11.5 Å². The van der Waals surface area contributed by atoms with Crippen molar-refractivity contribution in [2.45, 2.75) is 32.1 Å².